The molecule has 1 amide bonds. The Kier molecular flexibility index (Phi) is 6.84. The molecule has 28 heavy (non-hydrogen) atoms. The number of nitrogens with one attached hydrogen (secondary N) is 1. The van der Waals surface area contributed by atoms with Crippen LogP contribution in [-0.2, 0) is 9.59 Å². The lowest BCUT2D eigenvalue weighted by Crippen LogP contribution is -2.36. The van der Waals surface area contributed by atoms with Crippen molar-refractivity contribution >= 4 is 35.7 Å². The number of benzene rings is 1. The van der Waals surface area contributed by atoms with Crippen molar-refractivity contribution in [2.75, 3.05) is 32.1 Å². The molecule has 0 bridgehead atoms. The molecule has 1 aromatic carbocycles. The number of fused-ring (bicyclic) bond motifs is 1. The number of carbonyl (C=O) groups excluding carboxylic acids is 1. The lowest BCUT2D eigenvalue weighted by molar-refractivity contribution is -0.384. The number of hydrogen-bond donors (Lipinski definition) is 2. The van der Waals surface area contributed by atoms with Gasteiger partial charge in [-0.05, 0) is 24.8 Å². The Morgan fingerprint density at radius 1 is 1.46 bits per heavy atom. The number of carboxylic acids is 1. The normalized spacial score (nSPS) is 23.5. The van der Waals surface area contributed by atoms with Crippen LogP contribution in [0.25, 0.3) is 0 Å². The second-order valence-electron chi connectivity index (χ2n) is 7.23. The van der Waals surface area contributed by atoms with Gasteiger partial charge in [0.25, 0.3) is 5.69 Å². The van der Waals surface area contributed by atoms with Crippen LogP contribution in [0.15, 0.2) is 18.2 Å². The highest BCUT2D eigenvalue weighted by molar-refractivity contribution is 5.92. The molecule has 2 atom stereocenters. The van der Waals surface area contributed by atoms with Crippen LogP contribution in [-0.4, -0.2) is 53.6 Å². The third-order valence-electron chi connectivity index (χ3n) is 5.69. The van der Waals surface area contributed by atoms with Crippen LogP contribution < -0.4 is 10.1 Å². The summed E-state index contributed by atoms with van der Waals surface area (Å²) in [6.07, 6.45) is 2.79. The summed E-state index contributed by atoms with van der Waals surface area (Å²) >= 11 is 0. The number of aliphatic carboxylic acids is 1. The smallest absolute Gasteiger partial charge is 0.311 e. The number of non-ortho nitro benzene ring substituents is 1. The van der Waals surface area contributed by atoms with Crippen molar-refractivity contribution in [3.63, 3.8) is 0 Å². The number of methoxy groups -OCH3 is 1. The fourth-order valence-electron chi connectivity index (χ4n) is 4.28. The molecular weight excluding hydrogens is 390 g/mol. The minimum Gasteiger partial charge on any atom is -0.494 e. The predicted octanol–water partition coefficient (Wildman–Crippen LogP) is 2.54. The SMILES string of the molecule is COc1cc([N+](=O)[O-])ccc1NC(=O)CCN1C[C@@H]2CCC[C@@]2(C(=O)O)C1.Cl. The fraction of sp³-hybridized carbons (Fsp3) is 0.556. The van der Waals surface area contributed by atoms with Crippen LogP contribution in [0.1, 0.15) is 25.7 Å². The van der Waals surface area contributed by atoms with Crippen LogP contribution in [0.3, 0.4) is 0 Å². The molecule has 3 rings (SSSR count). The van der Waals surface area contributed by atoms with Gasteiger partial charge in [0, 0.05) is 32.1 Å². The second kappa shape index (κ2) is 8.74. The number of nitro groups is 1. The number of rotatable bonds is 7. The lowest BCUT2D eigenvalue weighted by atomic mass is 9.81. The maximum Gasteiger partial charge on any atom is 0.311 e. The number of carbonyl (C=O) groups is 2. The number of halogens is 1. The Bertz CT molecular complexity index is 774. The van der Waals surface area contributed by atoms with Crippen molar-refractivity contribution in [3.05, 3.63) is 28.3 Å². The van der Waals surface area contributed by atoms with Gasteiger partial charge >= 0.3 is 5.97 Å². The first kappa shape index (κ1) is 21.9. The fourth-order valence-corrected chi connectivity index (χ4v) is 4.28. The van der Waals surface area contributed by atoms with E-state index in [1.807, 2.05) is 4.90 Å². The van der Waals surface area contributed by atoms with E-state index in [4.69, 9.17) is 4.74 Å². The number of ether oxygens (including phenoxy) is 1. The van der Waals surface area contributed by atoms with Gasteiger partial charge in [-0.15, -0.1) is 12.4 Å². The van der Waals surface area contributed by atoms with Gasteiger partial charge in [-0.1, -0.05) is 6.42 Å². The Hall–Kier alpha value is -2.39. The van der Waals surface area contributed by atoms with E-state index >= 15 is 0 Å². The highest BCUT2D eigenvalue weighted by Crippen LogP contribution is 2.48. The van der Waals surface area contributed by atoms with E-state index in [0.29, 0.717) is 31.7 Å². The van der Waals surface area contributed by atoms with Crippen molar-refractivity contribution in [1.82, 2.24) is 4.90 Å². The lowest BCUT2D eigenvalue weighted by Gasteiger charge is -2.23. The molecule has 1 saturated heterocycles. The number of nitrogens with zero attached hydrogens (tertiary/aromatic N) is 2. The number of hydrogen-bond acceptors (Lipinski definition) is 6. The minimum atomic E-state index is -0.729. The average molecular weight is 414 g/mol. The summed E-state index contributed by atoms with van der Waals surface area (Å²) in [5, 5.41) is 23.1. The molecular formula is C18H24ClN3O6. The average Bonchev–Trinajstić information content (AvgIpc) is 3.18. The number of carboxylic acid groups (broad SMARTS) is 1. The summed E-state index contributed by atoms with van der Waals surface area (Å²) in [6, 6.07) is 4.00. The minimum absolute atomic E-state index is 0. The molecule has 1 aliphatic heterocycles. The Labute approximate surface area is 168 Å². The molecule has 0 aromatic heterocycles. The maximum absolute atomic E-state index is 12.3. The van der Waals surface area contributed by atoms with Crippen molar-refractivity contribution < 1.29 is 24.4 Å². The standard InChI is InChI=1S/C18H23N3O6.ClH/c1-27-15-9-13(21(25)26)4-5-14(15)19-16(22)6-8-20-10-12-3-2-7-18(12,11-20)17(23)24;/h4-5,9,12H,2-3,6-8,10-11H2,1H3,(H,19,22)(H,23,24);1H/t12-,18+;/m0./s1. The monoisotopic (exact) mass is 413 g/mol. The highest BCUT2D eigenvalue weighted by atomic mass is 35.5. The molecule has 9 nitrogen and oxygen atoms in total. The first-order valence-electron chi connectivity index (χ1n) is 8.94. The summed E-state index contributed by atoms with van der Waals surface area (Å²) in [4.78, 5) is 36.3. The molecule has 1 heterocycles. The van der Waals surface area contributed by atoms with E-state index < -0.39 is 16.3 Å². The Morgan fingerprint density at radius 3 is 2.82 bits per heavy atom. The zero-order valence-electron chi connectivity index (χ0n) is 15.6. The van der Waals surface area contributed by atoms with Gasteiger partial charge in [0.05, 0.1) is 29.2 Å². The third kappa shape index (κ3) is 4.20. The molecule has 1 aliphatic carbocycles. The Balaban J connectivity index is 0.00000280. The second-order valence-corrected chi connectivity index (χ2v) is 7.23. The largest absolute Gasteiger partial charge is 0.494 e. The molecule has 0 spiro atoms. The van der Waals surface area contributed by atoms with Crippen LogP contribution in [0.5, 0.6) is 5.75 Å². The zero-order chi connectivity index (χ0) is 19.6. The van der Waals surface area contributed by atoms with Gasteiger partial charge in [0.2, 0.25) is 5.91 Å². The first-order chi connectivity index (χ1) is 12.9. The van der Waals surface area contributed by atoms with Gasteiger partial charge in [0.15, 0.2) is 0 Å². The van der Waals surface area contributed by atoms with Crippen molar-refractivity contribution in [2.45, 2.75) is 25.7 Å². The highest BCUT2D eigenvalue weighted by Gasteiger charge is 2.54. The number of anilines is 1. The summed E-state index contributed by atoms with van der Waals surface area (Å²) in [7, 11) is 1.38. The molecule has 2 fully saturated rings. The first-order valence-corrected chi connectivity index (χ1v) is 8.94. The van der Waals surface area contributed by atoms with E-state index in [9.17, 15) is 24.8 Å². The predicted molar refractivity (Wildman–Crippen MR) is 104 cm³/mol. The van der Waals surface area contributed by atoms with Crippen LogP contribution in [0, 0.1) is 21.4 Å². The van der Waals surface area contributed by atoms with E-state index in [-0.39, 0.29) is 42.1 Å². The quantitative estimate of drug-likeness (QED) is 0.520. The maximum atomic E-state index is 12.3. The van der Waals surface area contributed by atoms with Gasteiger partial charge < -0.3 is 20.1 Å². The van der Waals surface area contributed by atoms with Crippen molar-refractivity contribution in [1.29, 1.82) is 0 Å². The van der Waals surface area contributed by atoms with E-state index in [1.165, 1.54) is 25.3 Å². The molecule has 0 radical (unpaired) electrons. The van der Waals surface area contributed by atoms with E-state index in [0.717, 1.165) is 12.8 Å². The van der Waals surface area contributed by atoms with Crippen molar-refractivity contribution in [3.8, 4) is 5.75 Å². The summed E-state index contributed by atoms with van der Waals surface area (Å²) in [5.41, 5.74) is -0.404. The number of amides is 1. The zero-order valence-corrected chi connectivity index (χ0v) is 16.4. The third-order valence-corrected chi connectivity index (χ3v) is 5.69. The topological polar surface area (TPSA) is 122 Å². The molecule has 2 aliphatic rings. The molecule has 0 unspecified atom stereocenters. The summed E-state index contributed by atoms with van der Waals surface area (Å²) < 4.78 is 5.11. The van der Waals surface area contributed by atoms with Gasteiger partial charge in [0.1, 0.15) is 5.75 Å². The van der Waals surface area contributed by atoms with Crippen LogP contribution in [0.4, 0.5) is 11.4 Å². The van der Waals surface area contributed by atoms with Gasteiger partial charge in [-0.2, -0.15) is 0 Å². The molecule has 1 aromatic rings. The molecule has 1 saturated carbocycles. The van der Waals surface area contributed by atoms with Crippen molar-refractivity contribution in [2.24, 2.45) is 11.3 Å². The number of likely N-dealkylation sites (tertiary alicyclic amines) is 1. The molecule has 10 heteroatoms. The van der Waals surface area contributed by atoms with E-state index in [1.54, 1.807) is 0 Å². The van der Waals surface area contributed by atoms with Crippen LogP contribution in [0.2, 0.25) is 0 Å². The van der Waals surface area contributed by atoms with Crippen LogP contribution >= 0.6 is 12.4 Å². The number of nitro benzene ring substituents is 1. The van der Waals surface area contributed by atoms with Gasteiger partial charge in [-0.3, -0.25) is 19.7 Å². The Morgan fingerprint density at radius 2 is 2.21 bits per heavy atom. The van der Waals surface area contributed by atoms with E-state index in [2.05, 4.69) is 5.32 Å². The molecule has 2 N–H and O–H groups in total. The summed E-state index contributed by atoms with van der Waals surface area (Å²) in [6.45, 7) is 1.67. The van der Waals surface area contributed by atoms with Gasteiger partial charge in [-0.25, -0.2) is 0 Å². The molecule has 154 valence electrons. The summed E-state index contributed by atoms with van der Waals surface area (Å²) in [5.74, 6) is -0.595.